The van der Waals surface area contributed by atoms with Crippen LogP contribution in [0, 0.1) is 11.7 Å². The fraction of sp³-hybridized carbons (Fsp3) is 0.308. The van der Waals surface area contributed by atoms with E-state index in [1.165, 1.54) is 18.2 Å². The minimum atomic E-state index is -1.27. The molecule has 0 saturated heterocycles. The summed E-state index contributed by atoms with van der Waals surface area (Å²) in [5.74, 6) is -2.37. The number of Topliss-reactive ketones (excluding diaryl/α,β-unsaturated/α-hetero) is 1. The van der Waals surface area contributed by atoms with Gasteiger partial charge in [0.1, 0.15) is 11.9 Å². The van der Waals surface area contributed by atoms with Gasteiger partial charge in [-0.1, -0.05) is 47.9 Å². The predicted molar refractivity (Wildman–Crippen MR) is 130 cm³/mol. The molecule has 0 saturated carbocycles. The van der Waals surface area contributed by atoms with Crippen molar-refractivity contribution in [3.8, 4) is 11.1 Å². The number of nitrogens with one attached hydrogen (secondary N) is 1. The Labute approximate surface area is 212 Å². The lowest BCUT2D eigenvalue weighted by molar-refractivity contribution is -0.139. The van der Waals surface area contributed by atoms with E-state index in [1.54, 1.807) is 30.3 Å². The minimum absolute atomic E-state index is 0.0321. The minimum Gasteiger partial charge on any atom is -0.480 e. The number of carboxylic acid groups (broad SMARTS) is 1. The van der Waals surface area contributed by atoms with Crippen LogP contribution in [0.1, 0.15) is 41.6 Å². The van der Waals surface area contributed by atoms with E-state index >= 15 is 0 Å². The molecule has 0 spiro atoms. The zero-order chi connectivity index (χ0) is 26.2. The molecule has 3 aromatic rings. The monoisotopic (exact) mass is 516 g/mol. The van der Waals surface area contributed by atoms with Gasteiger partial charge < -0.3 is 19.7 Å². The summed E-state index contributed by atoms with van der Waals surface area (Å²) in [6.07, 6.45) is -0.0242. The predicted octanol–water partition coefficient (Wildman–Crippen LogP) is 5.33. The molecule has 1 amide bonds. The molecule has 2 N–H and O–H groups in total. The first kappa shape index (κ1) is 26.9. The number of ketones is 1. The molecule has 0 aliphatic heterocycles. The van der Waals surface area contributed by atoms with Crippen LogP contribution in [-0.2, 0) is 22.4 Å². The molecule has 3 rings (SSSR count). The van der Waals surface area contributed by atoms with Crippen LogP contribution >= 0.6 is 11.6 Å². The fourth-order valence-electron chi connectivity index (χ4n) is 3.84. The zero-order valence-electron chi connectivity index (χ0n) is 19.8. The molecule has 1 aromatic heterocycles. The first-order chi connectivity index (χ1) is 17.2. The molecule has 2 aromatic carbocycles. The summed E-state index contributed by atoms with van der Waals surface area (Å²) in [7, 11) is 1.13. The van der Waals surface area contributed by atoms with Gasteiger partial charge in [-0.2, -0.15) is 0 Å². The fourth-order valence-corrected chi connectivity index (χ4v) is 4.01. The van der Waals surface area contributed by atoms with Crippen LogP contribution in [-0.4, -0.2) is 41.3 Å². The highest BCUT2D eigenvalue weighted by atomic mass is 35.5. The van der Waals surface area contributed by atoms with E-state index in [0.29, 0.717) is 34.7 Å². The van der Waals surface area contributed by atoms with Crippen molar-refractivity contribution in [2.45, 2.75) is 38.6 Å². The van der Waals surface area contributed by atoms with Gasteiger partial charge in [-0.15, -0.1) is 0 Å². The standard InChI is InChI=1S/C26H26ClFN2O6/c1-3-19-14-24(36-30-19)23(31)12-16(11-22(25(32)33)29-26(34)35-2)10-15-4-6-17(7-5-15)20-13-18(27)8-9-21(20)28/h4-9,13-14,16,22H,3,10-12H2,1-2H3,(H,29,34)(H,32,33)/t16-,22-/m1/s1. The van der Waals surface area contributed by atoms with Gasteiger partial charge in [-0.05, 0) is 54.5 Å². The summed E-state index contributed by atoms with van der Waals surface area (Å²) < 4.78 is 23.9. The Morgan fingerprint density at radius 1 is 1.17 bits per heavy atom. The molecule has 0 bridgehead atoms. The number of nitrogens with zero attached hydrogens (tertiary/aromatic N) is 1. The van der Waals surface area contributed by atoms with E-state index in [9.17, 15) is 23.9 Å². The van der Waals surface area contributed by atoms with E-state index in [1.807, 2.05) is 6.92 Å². The number of hydrogen-bond donors (Lipinski definition) is 2. The van der Waals surface area contributed by atoms with E-state index in [-0.39, 0.29) is 24.4 Å². The molecular weight excluding hydrogens is 491 g/mol. The molecule has 0 aliphatic rings. The molecular formula is C26H26ClFN2O6. The van der Waals surface area contributed by atoms with E-state index in [0.717, 1.165) is 12.7 Å². The number of halogens is 2. The Bertz CT molecular complexity index is 1230. The summed E-state index contributed by atoms with van der Waals surface area (Å²) in [6, 6.07) is 11.6. The zero-order valence-corrected chi connectivity index (χ0v) is 20.5. The largest absolute Gasteiger partial charge is 0.480 e. The van der Waals surface area contributed by atoms with Crippen molar-refractivity contribution >= 4 is 29.4 Å². The SMILES string of the molecule is CCc1cc(C(=O)C[C@H](Cc2ccc(-c3cc(Cl)ccc3F)cc2)C[C@@H](NC(=O)OC)C(=O)O)on1. The third kappa shape index (κ3) is 7.14. The third-order valence-electron chi connectivity index (χ3n) is 5.73. The smallest absolute Gasteiger partial charge is 0.407 e. The molecule has 36 heavy (non-hydrogen) atoms. The lowest BCUT2D eigenvalue weighted by Crippen LogP contribution is -2.42. The number of benzene rings is 2. The molecule has 10 heteroatoms. The van der Waals surface area contributed by atoms with E-state index in [4.69, 9.17) is 16.1 Å². The second-order valence-corrected chi connectivity index (χ2v) is 8.75. The van der Waals surface area contributed by atoms with Crippen molar-refractivity contribution in [3.63, 3.8) is 0 Å². The molecule has 8 nitrogen and oxygen atoms in total. The second-order valence-electron chi connectivity index (χ2n) is 8.32. The maximum Gasteiger partial charge on any atom is 0.407 e. The Balaban J connectivity index is 1.82. The van der Waals surface area contributed by atoms with Gasteiger partial charge in [0.2, 0.25) is 11.5 Å². The normalized spacial score (nSPS) is 12.6. The number of ether oxygens (including phenoxy) is 1. The average Bonchev–Trinajstić information content (AvgIpc) is 3.35. The number of carboxylic acids is 1. The van der Waals surface area contributed by atoms with Crippen LogP contribution in [0.4, 0.5) is 9.18 Å². The van der Waals surface area contributed by atoms with Crippen LogP contribution < -0.4 is 5.32 Å². The summed E-state index contributed by atoms with van der Waals surface area (Å²) in [5, 5.41) is 16.1. The first-order valence-corrected chi connectivity index (χ1v) is 11.7. The van der Waals surface area contributed by atoms with Gasteiger partial charge in [-0.25, -0.2) is 14.0 Å². The highest BCUT2D eigenvalue weighted by Crippen LogP contribution is 2.28. The lowest BCUT2D eigenvalue weighted by atomic mass is 9.87. The van der Waals surface area contributed by atoms with Crippen molar-refractivity contribution in [1.82, 2.24) is 10.5 Å². The number of rotatable bonds is 11. The van der Waals surface area contributed by atoms with Crippen molar-refractivity contribution in [2.75, 3.05) is 7.11 Å². The highest BCUT2D eigenvalue weighted by Gasteiger charge is 2.28. The van der Waals surface area contributed by atoms with Crippen molar-refractivity contribution in [3.05, 3.63) is 76.4 Å². The number of carbonyl (C=O) groups is 3. The van der Waals surface area contributed by atoms with Gasteiger partial charge in [0, 0.05) is 23.1 Å². The molecule has 0 radical (unpaired) electrons. The van der Waals surface area contributed by atoms with Crippen LogP contribution in [0.5, 0.6) is 0 Å². The maximum atomic E-state index is 14.2. The summed E-state index contributed by atoms with van der Waals surface area (Å²) >= 11 is 6.00. The molecule has 2 atom stereocenters. The number of carbonyl (C=O) groups excluding carboxylic acids is 2. The number of aliphatic carboxylic acids is 1. The molecule has 0 aliphatic carbocycles. The quantitative estimate of drug-likeness (QED) is 0.331. The third-order valence-corrected chi connectivity index (χ3v) is 5.97. The number of hydrogen-bond acceptors (Lipinski definition) is 6. The van der Waals surface area contributed by atoms with Crippen molar-refractivity contribution < 1.29 is 33.1 Å². The number of methoxy groups -OCH3 is 1. The van der Waals surface area contributed by atoms with Gasteiger partial charge in [0.05, 0.1) is 12.8 Å². The van der Waals surface area contributed by atoms with Gasteiger partial charge in [0.15, 0.2) is 0 Å². The number of aromatic nitrogens is 1. The maximum absolute atomic E-state index is 14.2. The summed E-state index contributed by atoms with van der Waals surface area (Å²) in [4.78, 5) is 36.3. The average molecular weight is 517 g/mol. The lowest BCUT2D eigenvalue weighted by Gasteiger charge is -2.21. The van der Waals surface area contributed by atoms with E-state index in [2.05, 4.69) is 15.2 Å². The molecule has 0 fully saturated rings. The van der Waals surface area contributed by atoms with Crippen LogP contribution in [0.2, 0.25) is 5.02 Å². The first-order valence-electron chi connectivity index (χ1n) is 11.3. The van der Waals surface area contributed by atoms with Gasteiger partial charge in [0.25, 0.3) is 0 Å². The van der Waals surface area contributed by atoms with Crippen LogP contribution in [0.25, 0.3) is 11.1 Å². The molecule has 190 valence electrons. The van der Waals surface area contributed by atoms with E-state index < -0.39 is 29.8 Å². The summed E-state index contributed by atoms with van der Waals surface area (Å²) in [6.45, 7) is 1.88. The topological polar surface area (TPSA) is 119 Å². The highest BCUT2D eigenvalue weighted by molar-refractivity contribution is 6.30. The van der Waals surface area contributed by atoms with Gasteiger partial charge >= 0.3 is 12.1 Å². The molecule has 0 unspecified atom stereocenters. The van der Waals surface area contributed by atoms with Crippen molar-refractivity contribution in [1.29, 1.82) is 0 Å². The Morgan fingerprint density at radius 3 is 2.50 bits per heavy atom. The molecule has 1 heterocycles. The summed E-state index contributed by atoms with van der Waals surface area (Å²) in [5.41, 5.74) is 2.41. The van der Waals surface area contributed by atoms with Crippen molar-refractivity contribution in [2.24, 2.45) is 5.92 Å². The second kappa shape index (κ2) is 12.3. The Morgan fingerprint density at radius 2 is 1.89 bits per heavy atom. The Kier molecular flexibility index (Phi) is 9.19. The number of amides is 1. The van der Waals surface area contributed by atoms with Crippen LogP contribution in [0.15, 0.2) is 53.1 Å². The number of alkyl carbamates (subject to hydrolysis) is 1. The number of aryl methyl sites for hydroxylation is 1. The Hall–Kier alpha value is -3.72. The van der Waals surface area contributed by atoms with Gasteiger partial charge in [-0.3, -0.25) is 4.79 Å². The van der Waals surface area contributed by atoms with Crippen LogP contribution in [0.3, 0.4) is 0 Å².